The predicted molar refractivity (Wildman–Crippen MR) is 132 cm³/mol. The third-order valence-electron chi connectivity index (χ3n) is 5.67. The molecule has 0 unspecified atom stereocenters. The van der Waals surface area contributed by atoms with E-state index < -0.39 is 29.5 Å². The van der Waals surface area contributed by atoms with E-state index in [1.165, 1.54) is 33.4 Å². The maximum Gasteiger partial charge on any atom is 0.409 e. The monoisotopic (exact) mass is 515 g/mol. The number of aromatic nitrogens is 2. The number of benzene rings is 1. The van der Waals surface area contributed by atoms with Crippen LogP contribution in [0, 0.1) is 18.7 Å². The Hall–Kier alpha value is -3.80. The van der Waals surface area contributed by atoms with E-state index >= 15 is 0 Å². The first-order valence-electron chi connectivity index (χ1n) is 11.4. The van der Waals surface area contributed by atoms with E-state index in [1.54, 1.807) is 12.3 Å². The lowest BCUT2D eigenvalue weighted by atomic mass is 10.0. The quantitative estimate of drug-likeness (QED) is 0.383. The first kappa shape index (κ1) is 25.3. The third kappa shape index (κ3) is 5.23. The number of piperazine rings is 1. The lowest BCUT2D eigenvalue weighted by Crippen LogP contribution is -2.52. The van der Waals surface area contributed by atoms with Crippen LogP contribution in [0.1, 0.15) is 40.3 Å². The Morgan fingerprint density at radius 1 is 1.14 bits per heavy atom. The lowest BCUT2D eigenvalue weighted by Gasteiger charge is -2.33. The number of Topliss-reactive ketones (excluding diaryl/α,β-unsaturated/α-hetero) is 1. The molecule has 2 aromatic heterocycles. The Bertz CT molecular complexity index is 1330. The smallest absolute Gasteiger partial charge is 0.409 e. The van der Waals surface area contributed by atoms with E-state index in [0.717, 1.165) is 11.8 Å². The summed E-state index contributed by atoms with van der Waals surface area (Å²) in [5.74, 6) is -2.76. The summed E-state index contributed by atoms with van der Waals surface area (Å²) >= 11 is 1.25. The van der Waals surface area contributed by atoms with Gasteiger partial charge >= 0.3 is 6.09 Å². The number of thiazole rings is 1. The number of aromatic amines is 1. The zero-order valence-electron chi connectivity index (χ0n) is 20.1. The second kappa shape index (κ2) is 10.4. The van der Waals surface area contributed by atoms with Gasteiger partial charge in [-0.1, -0.05) is 13.8 Å². The summed E-state index contributed by atoms with van der Waals surface area (Å²) in [6, 6.07) is 2.39. The van der Waals surface area contributed by atoms with Crippen molar-refractivity contribution in [1.29, 1.82) is 0 Å². The van der Waals surface area contributed by atoms with Crippen molar-refractivity contribution in [2.45, 2.75) is 20.8 Å². The molecule has 3 amide bonds. The van der Waals surface area contributed by atoms with Gasteiger partial charge in [0.15, 0.2) is 5.13 Å². The van der Waals surface area contributed by atoms with Crippen LogP contribution in [0.5, 0.6) is 0 Å². The fraction of sp³-hybridized carbons (Fsp3) is 0.375. The maximum atomic E-state index is 14.8. The van der Waals surface area contributed by atoms with Crippen molar-refractivity contribution in [3.63, 3.8) is 0 Å². The molecule has 0 saturated carbocycles. The minimum Gasteiger partial charge on any atom is -0.449 e. The van der Waals surface area contributed by atoms with Crippen LogP contribution in [0.15, 0.2) is 23.7 Å². The zero-order chi connectivity index (χ0) is 26.0. The molecule has 190 valence electrons. The normalized spacial score (nSPS) is 13.8. The highest BCUT2D eigenvalue weighted by atomic mass is 32.1. The molecule has 10 nitrogen and oxygen atoms in total. The highest BCUT2D eigenvalue weighted by Crippen LogP contribution is 2.27. The number of rotatable bonds is 6. The highest BCUT2D eigenvalue weighted by molar-refractivity contribution is 7.14. The molecule has 1 saturated heterocycles. The van der Waals surface area contributed by atoms with Crippen molar-refractivity contribution in [3.05, 3.63) is 46.3 Å². The molecule has 1 aliphatic heterocycles. The van der Waals surface area contributed by atoms with Crippen molar-refractivity contribution in [3.8, 4) is 0 Å². The molecule has 1 fully saturated rings. The van der Waals surface area contributed by atoms with Crippen molar-refractivity contribution in [1.82, 2.24) is 19.8 Å². The van der Waals surface area contributed by atoms with Gasteiger partial charge in [0, 0.05) is 43.1 Å². The molecule has 3 heterocycles. The largest absolute Gasteiger partial charge is 0.449 e. The van der Waals surface area contributed by atoms with Gasteiger partial charge in [-0.2, -0.15) is 0 Å². The molecule has 0 radical (unpaired) electrons. The van der Waals surface area contributed by atoms with Gasteiger partial charge in [-0.3, -0.25) is 19.7 Å². The molecular formula is C24H26FN5O5S. The summed E-state index contributed by atoms with van der Waals surface area (Å²) in [5, 5.41) is 4.69. The number of fused-ring (bicyclic) bond motifs is 1. The van der Waals surface area contributed by atoms with Crippen LogP contribution in [0.4, 0.5) is 14.3 Å². The summed E-state index contributed by atoms with van der Waals surface area (Å²) in [6.07, 6.45) is 0.775. The van der Waals surface area contributed by atoms with Gasteiger partial charge in [-0.25, -0.2) is 14.2 Å². The average molecular weight is 516 g/mol. The second-order valence-corrected chi connectivity index (χ2v) is 9.73. The molecule has 1 aliphatic rings. The number of hydrogen-bond donors (Lipinski definition) is 2. The van der Waals surface area contributed by atoms with Gasteiger partial charge in [0.05, 0.1) is 28.9 Å². The van der Waals surface area contributed by atoms with Gasteiger partial charge in [0.2, 0.25) is 0 Å². The fourth-order valence-corrected chi connectivity index (χ4v) is 4.51. The lowest BCUT2D eigenvalue weighted by molar-refractivity contribution is -0.128. The number of ether oxygens (including phenoxy) is 1. The number of halogens is 1. The minimum absolute atomic E-state index is 0.106. The first-order chi connectivity index (χ1) is 17.2. The first-order valence-corrected chi connectivity index (χ1v) is 12.3. The zero-order valence-corrected chi connectivity index (χ0v) is 20.9. The summed E-state index contributed by atoms with van der Waals surface area (Å²) in [7, 11) is 0. The average Bonchev–Trinajstić information content (AvgIpc) is 3.48. The van der Waals surface area contributed by atoms with E-state index in [2.05, 4.69) is 15.3 Å². The summed E-state index contributed by atoms with van der Waals surface area (Å²) < 4.78 is 20.0. The summed E-state index contributed by atoms with van der Waals surface area (Å²) in [6.45, 7) is 6.69. The number of nitrogens with one attached hydrogen (secondary N) is 2. The maximum absolute atomic E-state index is 14.8. The fourth-order valence-electron chi connectivity index (χ4n) is 3.83. The molecule has 3 aromatic rings. The van der Waals surface area contributed by atoms with E-state index in [-0.39, 0.29) is 54.1 Å². The van der Waals surface area contributed by atoms with E-state index in [9.17, 15) is 23.6 Å². The Balaban J connectivity index is 1.48. The van der Waals surface area contributed by atoms with Crippen LogP contribution in [0.25, 0.3) is 10.9 Å². The van der Waals surface area contributed by atoms with Gasteiger partial charge < -0.3 is 19.5 Å². The summed E-state index contributed by atoms with van der Waals surface area (Å²) in [5.41, 5.74) is 0.805. The Kier molecular flexibility index (Phi) is 7.34. The van der Waals surface area contributed by atoms with Crippen molar-refractivity contribution in [2.24, 2.45) is 5.92 Å². The Labute approximate surface area is 210 Å². The number of anilines is 1. The number of ketones is 1. The third-order valence-corrected chi connectivity index (χ3v) is 6.55. The van der Waals surface area contributed by atoms with Crippen LogP contribution in [0.2, 0.25) is 0 Å². The van der Waals surface area contributed by atoms with Gasteiger partial charge in [-0.05, 0) is 25.0 Å². The molecule has 12 heteroatoms. The van der Waals surface area contributed by atoms with Gasteiger partial charge in [0.1, 0.15) is 5.82 Å². The second-order valence-electron chi connectivity index (χ2n) is 8.87. The topological polar surface area (TPSA) is 125 Å². The van der Waals surface area contributed by atoms with Gasteiger partial charge in [-0.15, -0.1) is 11.3 Å². The number of carbonyl (C=O) groups excluding carboxylic acids is 4. The predicted octanol–water partition coefficient (Wildman–Crippen LogP) is 3.44. The van der Waals surface area contributed by atoms with Crippen molar-refractivity contribution < 1.29 is 28.3 Å². The van der Waals surface area contributed by atoms with Crippen molar-refractivity contribution in [2.75, 3.05) is 38.1 Å². The van der Waals surface area contributed by atoms with Crippen molar-refractivity contribution >= 4 is 51.1 Å². The molecule has 0 aliphatic carbocycles. The Morgan fingerprint density at radius 3 is 2.47 bits per heavy atom. The van der Waals surface area contributed by atoms with Gasteiger partial charge in [0.25, 0.3) is 17.6 Å². The van der Waals surface area contributed by atoms with E-state index in [0.29, 0.717) is 11.7 Å². The van der Waals surface area contributed by atoms with Crippen LogP contribution in [0.3, 0.4) is 0 Å². The number of aryl methyl sites for hydroxylation is 1. The Morgan fingerprint density at radius 2 is 1.83 bits per heavy atom. The highest BCUT2D eigenvalue weighted by Gasteiger charge is 2.31. The van der Waals surface area contributed by atoms with E-state index in [4.69, 9.17) is 4.74 Å². The SMILES string of the molecule is Cc1csc(NC(=O)c2ccc(F)c3c(C(=O)C(=O)N4CCN(C(=O)OCC(C)C)CC4)c[nH]c23)n1. The van der Waals surface area contributed by atoms with Crippen LogP contribution >= 0.6 is 11.3 Å². The summed E-state index contributed by atoms with van der Waals surface area (Å²) in [4.78, 5) is 60.7. The molecular weight excluding hydrogens is 489 g/mol. The van der Waals surface area contributed by atoms with Crippen LogP contribution in [-0.4, -0.2) is 76.2 Å². The number of nitrogens with zero attached hydrogens (tertiary/aromatic N) is 3. The molecule has 1 aromatic carbocycles. The molecule has 0 spiro atoms. The molecule has 0 bridgehead atoms. The van der Waals surface area contributed by atoms with E-state index in [1.807, 2.05) is 13.8 Å². The number of carbonyl (C=O) groups is 4. The standard InChI is InChI=1S/C24H26FN5O5S/c1-13(2)11-35-24(34)30-8-6-29(7-9-30)22(33)20(31)16-10-26-19-15(4-5-17(25)18(16)19)21(32)28-23-27-14(3)12-36-23/h4-5,10,12-13,26H,6-9,11H2,1-3H3,(H,27,28,32). The molecule has 2 N–H and O–H groups in total. The number of hydrogen-bond acceptors (Lipinski definition) is 7. The molecule has 0 atom stereocenters. The minimum atomic E-state index is -0.899. The molecule has 4 rings (SSSR count). The van der Waals surface area contributed by atoms with Crippen LogP contribution in [-0.2, 0) is 9.53 Å². The van der Waals surface area contributed by atoms with Crippen LogP contribution < -0.4 is 5.32 Å². The molecule has 36 heavy (non-hydrogen) atoms. The number of H-pyrrole nitrogens is 1. The number of amides is 3.